The van der Waals surface area contributed by atoms with Crippen molar-refractivity contribution < 1.29 is 9.59 Å². The number of carbonyl (C=O) groups excluding carboxylic acids is 2. The van der Waals surface area contributed by atoms with Crippen LogP contribution in [-0.2, 0) is 11.8 Å². The normalized spacial score (nSPS) is 18.4. The summed E-state index contributed by atoms with van der Waals surface area (Å²) in [6.45, 7) is 3.34. The molecule has 0 unspecified atom stereocenters. The van der Waals surface area contributed by atoms with Gasteiger partial charge in [-0.25, -0.2) is 9.79 Å². The summed E-state index contributed by atoms with van der Waals surface area (Å²) in [5, 5.41) is 17.6. The summed E-state index contributed by atoms with van der Waals surface area (Å²) in [5.74, 6) is 0.831. The first kappa shape index (κ1) is 23.4. The summed E-state index contributed by atoms with van der Waals surface area (Å²) >= 11 is 0. The number of benzene rings is 2. The van der Waals surface area contributed by atoms with E-state index >= 15 is 0 Å². The smallest absolute Gasteiger partial charge is 0.321 e. The Morgan fingerprint density at radius 2 is 1.78 bits per heavy atom. The van der Waals surface area contributed by atoms with E-state index in [9.17, 15) is 9.59 Å². The van der Waals surface area contributed by atoms with Crippen LogP contribution in [0.5, 0.6) is 0 Å². The maximum Gasteiger partial charge on any atom is 0.321 e. The van der Waals surface area contributed by atoms with Gasteiger partial charge in [-0.1, -0.05) is 24.3 Å². The number of nitrogens with zero attached hydrogens (tertiary/aromatic N) is 8. The average molecular weight is 489 g/mol. The zero-order valence-corrected chi connectivity index (χ0v) is 20.4. The Hall–Kier alpha value is -4.32. The van der Waals surface area contributed by atoms with Crippen molar-refractivity contribution in [1.82, 2.24) is 35.3 Å². The van der Waals surface area contributed by atoms with Crippen molar-refractivity contribution in [3.63, 3.8) is 0 Å². The number of nitrogens with one attached hydrogen (secondary N) is 2. The molecule has 1 saturated heterocycles. The number of piperazine rings is 1. The van der Waals surface area contributed by atoms with Crippen molar-refractivity contribution in [2.45, 2.75) is 6.17 Å². The first-order chi connectivity index (χ1) is 17.4. The molecule has 12 nitrogen and oxygen atoms in total. The molecule has 3 amide bonds. The molecule has 1 fully saturated rings. The zero-order valence-electron chi connectivity index (χ0n) is 20.4. The predicted octanol–water partition coefficient (Wildman–Crippen LogP) is 0.995. The molecule has 2 aromatic carbocycles. The second-order valence-electron chi connectivity index (χ2n) is 8.84. The van der Waals surface area contributed by atoms with Gasteiger partial charge in [-0.2, -0.15) is 4.80 Å². The number of hydrogen-bond acceptors (Lipinski definition) is 8. The number of tetrazole rings is 1. The quantitative estimate of drug-likeness (QED) is 0.564. The topological polar surface area (TPSA) is 124 Å². The minimum Gasteiger partial charge on any atom is -0.354 e. The van der Waals surface area contributed by atoms with E-state index in [0.29, 0.717) is 22.9 Å². The number of urea groups is 1. The Labute approximate surface area is 208 Å². The lowest BCUT2D eigenvalue weighted by Gasteiger charge is -2.35. The number of hydrogen-bond donors (Lipinski definition) is 2. The van der Waals surface area contributed by atoms with E-state index in [0.717, 1.165) is 37.4 Å². The molecule has 0 bridgehead atoms. The number of carbonyl (C=O) groups is 2. The number of amides is 3. The minimum absolute atomic E-state index is 0.320. The fraction of sp³-hybridized carbons (Fsp3) is 0.333. The standard InChI is InChI=1S/C24H28N10O2/c1-31-11-13-34(14-12-31)22-18-9-4-5-10-19(18)32(2)23(35)21(26-22)27-24(36)25-17-8-6-7-16(15-17)20-28-30-33(3)29-20/h4-10,15,21H,11-14H2,1-3H3,(H2,25,27,36)/t21-/m0/s1. The highest BCUT2D eigenvalue weighted by Crippen LogP contribution is 2.26. The Kier molecular flexibility index (Phi) is 6.34. The SMILES string of the molecule is CN1CCN(C2=N[C@@H](NC(=O)Nc3cccc(-c4nnn(C)n4)c3)C(=O)N(C)c3ccccc32)CC1. The number of benzodiazepines with no additional fused rings is 1. The largest absolute Gasteiger partial charge is 0.354 e. The van der Waals surface area contributed by atoms with Crippen LogP contribution >= 0.6 is 0 Å². The second kappa shape index (κ2) is 9.74. The fourth-order valence-corrected chi connectivity index (χ4v) is 4.30. The molecular weight excluding hydrogens is 460 g/mol. The highest BCUT2D eigenvalue weighted by atomic mass is 16.2. The summed E-state index contributed by atoms with van der Waals surface area (Å²) < 4.78 is 0. The number of para-hydroxylation sites is 1. The molecule has 0 saturated carbocycles. The van der Waals surface area contributed by atoms with Crippen LogP contribution in [0, 0.1) is 0 Å². The van der Waals surface area contributed by atoms with E-state index in [1.165, 1.54) is 4.80 Å². The Morgan fingerprint density at radius 3 is 2.53 bits per heavy atom. The van der Waals surface area contributed by atoms with E-state index in [2.05, 4.69) is 42.9 Å². The van der Waals surface area contributed by atoms with E-state index < -0.39 is 12.2 Å². The lowest BCUT2D eigenvalue weighted by Crippen LogP contribution is -2.49. The van der Waals surface area contributed by atoms with Gasteiger partial charge in [0.05, 0.1) is 12.7 Å². The second-order valence-corrected chi connectivity index (χ2v) is 8.84. The molecule has 5 rings (SSSR count). The maximum absolute atomic E-state index is 13.3. The third-order valence-electron chi connectivity index (χ3n) is 6.28. The highest BCUT2D eigenvalue weighted by Gasteiger charge is 2.33. The Balaban J connectivity index is 1.39. The van der Waals surface area contributed by atoms with E-state index in [1.54, 1.807) is 37.2 Å². The average Bonchev–Trinajstić information content (AvgIpc) is 3.29. The van der Waals surface area contributed by atoms with Crippen LogP contribution < -0.4 is 15.5 Å². The van der Waals surface area contributed by atoms with Crippen LogP contribution in [0.15, 0.2) is 53.5 Å². The Bertz CT molecular complexity index is 1310. The molecule has 3 aromatic rings. The van der Waals surface area contributed by atoms with Gasteiger partial charge in [-0.3, -0.25) is 4.79 Å². The molecule has 0 spiro atoms. The number of rotatable bonds is 3. The monoisotopic (exact) mass is 488 g/mol. The molecule has 2 aliphatic heterocycles. The molecule has 2 aliphatic rings. The van der Waals surface area contributed by atoms with Gasteiger partial charge < -0.3 is 25.3 Å². The number of likely N-dealkylation sites (N-methyl/N-ethyl adjacent to an activating group) is 2. The summed E-state index contributed by atoms with van der Waals surface area (Å²) in [7, 11) is 5.47. The molecule has 12 heteroatoms. The summed E-state index contributed by atoms with van der Waals surface area (Å²) in [6.07, 6.45) is -1.08. The third-order valence-corrected chi connectivity index (χ3v) is 6.28. The van der Waals surface area contributed by atoms with Crippen LogP contribution in [0.4, 0.5) is 16.2 Å². The number of fused-ring (bicyclic) bond motifs is 1. The highest BCUT2D eigenvalue weighted by molar-refractivity contribution is 6.12. The lowest BCUT2D eigenvalue weighted by atomic mass is 10.1. The number of aliphatic imine (C=N–C) groups is 1. The van der Waals surface area contributed by atoms with Crippen molar-refractivity contribution in [2.75, 3.05) is 50.5 Å². The number of aryl methyl sites for hydroxylation is 1. The predicted molar refractivity (Wildman–Crippen MR) is 136 cm³/mol. The lowest BCUT2D eigenvalue weighted by molar-refractivity contribution is -0.119. The molecule has 2 N–H and O–H groups in total. The van der Waals surface area contributed by atoms with E-state index in [1.807, 2.05) is 30.3 Å². The van der Waals surface area contributed by atoms with Crippen LogP contribution in [0.3, 0.4) is 0 Å². The number of amidine groups is 1. The van der Waals surface area contributed by atoms with Crippen LogP contribution in [0.2, 0.25) is 0 Å². The van der Waals surface area contributed by atoms with Crippen LogP contribution in [0.25, 0.3) is 11.4 Å². The maximum atomic E-state index is 13.3. The molecule has 0 aliphatic carbocycles. The van der Waals surface area contributed by atoms with E-state index in [-0.39, 0.29) is 5.91 Å². The molecule has 1 aromatic heterocycles. The molecule has 3 heterocycles. The van der Waals surface area contributed by atoms with Gasteiger partial charge in [-0.05, 0) is 36.5 Å². The van der Waals surface area contributed by atoms with Gasteiger partial charge in [0.1, 0.15) is 5.84 Å². The van der Waals surface area contributed by atoms with Gasteiger partial charge in [0.15, 0.2) is 0 Å². The molecule has 0 radical (unpaired) electrons. The number of aromatic nitrogens is 4. The van der Waals surface area contributed by atoms with Crippen molar-refractivity contribution in [3.05, 3.63) is 54.1 Å². The summed E-state index contributed by atoms with van der Waals surface area (Å²) in [4.78, 5) is 38.4. The number of anilines is 2. The van der Waals surface area contributed by atoms with E-state index in [4.69, 9.17) is 4.99 Å². The molecule has 1 atom stereocenters. The van der Waals surface area contributed by atoms with Crippen LogP contribution in [-0.4, -0.2) is 94.2 Å². The van der Waals surface area contributed by atoms with Gasteiger partial charge in [-0.15, -0.1) is 10.2 Å². The first-order valence-electron chi connectivity index (χ1n) is 11.7. The minimum atomic E-state index is -1.08. The van der Waals surface area contributed by atoms with Crippen molar-refractivity contribution >= 4 is 29.1 Å². The summed E-state index contributed by atoms with van der Waals surface area (Å²) in [6, 6.07) is 14.2. The van der Waals surface area contributed by atoms with Crippen molar-refractivity contribution in [2.24, 2.45) is 12.0 Å². The van der Waals surface area contributed by atoms with Gasteiger partial charge in [0, 0.05) is 50.0 Å². The van der Waals surface area contributed by atoms with Gasteiger partial charge in [0.25, 0.3) is 5.91 Å². The van der Waals surface area contributed by atoms with Crippen LogP contribution in [0.1, 0.15) is 5.56 Å². The first-order valence-corrected chi connectivity index (χ1v) is 11.7. The van der Waals surface area contributed by atoms with Crippen molar-refractivity contribution in [3.8, 4) is 11.4 Å². The Morgan fingerprint density at radius 1 is 1.00 bits per heavy atom. The van der Waals surface area contributed by atoms with Crippen molar-refractivity contribution in [1.29, 1.82) is 0 Å². The summed E-state index contributed by atoms with van der Waals surface area (Å²) in [5.41, 5.74) is 2.86. The zero-order chi connectivity index (χ0) is 25.2. The van der Waals surface area contributed by atoms with Gasteiger partial charge in [0.2, 0.25) is 12.0 Å². The molecular formula is C24H28N10O2. The molecule has 186 valence electrons. The fourth-order valence-electron chi connectivity index (χ4n) is 4.30. The van der Waals surface area contributed by atoms with Gasteiger partial charge >= 0.3 is 6.03 Å². The third kappa shape index (κ3) is 4.75. The molecule has 36 heavy (non-hydrogen) atoms.